The van der Waals surface area contributed by atoms with E-state index in [9.17, 15) is 14.7 Å². The van der Waals surface area contributed by atoms with Crippen LogP contribution in [0, 0.1) is 6.92 Å². The summed E-state index contributed by atoms with van der Waals surface area (Å²) in [4.78, 5) is 24.5. The standard InChI is InChI=1S/C25H29NO7/c1-14(7-11-21(27)26-19-10-8-16(30-3)12-20(19)31-4)6-9-17-23(28)22-18(13-33-25(22)29)15(2)24(17)32-5/h6,8,10,12,28H,7,9,11,13H2,1-5H3,(H,26,27)/b14-6+. The van der Waals surface area contributed by atoms with Gasteiger partial charge in [0.1, 0.15) is 35.2 Å². The Morgan fingerprint density at radius 3 is 2.61 bits per heavy atom. The van der Waals surface area contributed by atoms with Gasteiger partial charge < -0.3 is 29.4 Å². The summed E-state index contributed by atoms with van der Waals surface area (Å²) in [5, 5.41) is 13.6. The highest BCUT2D eigenvalue weighted by molar-refractivity contribution is 5.98. The number of phenolic OH excluding ortho intramolecular Hbond substituents is 1. The summed E-state index contributed by atoms with van der Waals surface area (Å²) in [6, 6.07) is 5.18. The Labute approximate surface area is 193 Å². The van der Waals surface area contributed by atoms with Gasteiger partial charge in [0.25, 0.3) is 0 Å². The molecule has 0 fully saturated rings. The summed E-state index contributed by atoms with van der Waals surface area (Å²) in [5.41, 5.74) is 3.71. The van der Waals surface area contributed by atoms with Crippen LogP contribution in [-0.2, 0) is 22.6 Å². The lowest BCUT2D eigenvalue weighted by atomic mass is 9.94. The number of phenols is 1. The first-order valence-corrected chi connectivity index (χ1v) is 10.6. The van der Waals surface area contributed by atoms with E-state index < -0.39 is 5.97 Å². The van der Waals surface area contributed by atoms with E-state index in [0.29, 0.717) is 46.9 Å². The van der Waals surface area contributed by atoms with Crippen LogP contribution in [0.3, 0.4) is 0 Å². The number of fused-ring (bicyclic) bond motifs is 1. The van der Waals surface area contributed by atoms with Gasteiger partial charge in [0.2, 0.25) is 5.91 Å². The van der Waals surface area contributed by atoms with Crippen LogP contribution in [0.25, 0.3) is 0 Å². The molecule has 33 heavy (non-hydrogen) atoms. The van der Waals surface area contributed by atoms with Crippen molar-refractivity contribution in [3.05, 3.63) is 52.1 Å². The topological polar surface area (TPSA) is 103 Å². The quantitative estimate of drug-likeness (QED) is 0.429. The minimum atomic E-state index is -0.527. The number of ether oxygens (including phenoxy) is 4. The molecule has 2 aromatic rings. The molecule has 0 aromatic heterocycles. The predicted octanol–water partition coefficient (Wildman–Crippen LogP) is 4.30. The van der Waals surface area contributed by atoms with Crippen LogP contribution in [0.2, 0.25) is 0 Å². The van der Waals surface area contributed by atoms with Gasteiger partial charge in [-0.05, 0) is 44.4 Å². The number of rotatable bonds is 9. The Morgan fingerprint density at radius 1 is 1.18 bits per heavy atom. The molecule has 2 aromatic carbocycles. The van der Waals surface area contributed by atoms with Crippen LogP contribution >= 0.6 is 0 Å². The highest BCUT2D eigenvalue weighted by Gasteiger charge is 2.31. The zero-order valence-electron chi connectivity index (χ0n) is 19.5. The molecule has 8 heteroatoms. The van der Waals surface area contributed by atoms with Crippen molar-refractivity contribution in [3.63, 3.8) is 0 Å². The second-order valence-corrected chi connectivity index (χ2v) is 7.78. The summed E-state index contributed by atoms with van der Waals surface area (Å²) < 4.78 is 21.1. The van der Waals surface area contributed by atoms with Gasteiger partial charge in [-0.25, -0.2) is 4.79 Å². The molecule has 8 nitrogen and oxygen atoms in total. The molecular formula is C25H29NO7. The normalized spacial score (nSPS) is 12.8. The minimum absolute atomic E-state index is 0.108. The smallest absolute Gasteiger partial charge is 0.342 e. The van der Waals surface area contributed by atoms with Gasteiger partial charge in [0, 0.05) is 23.6 Å². The van der Waals surface area contributed by atoms with Crippen molar-refractivity contribution >= 4 is 17.6 Å². The second kappa shape index (κ2) is 10.3. The molecule has 0 spiro atoms. The lowest BCUT2D eigenvalue weighted by Crippen LogP contribution is -2.12. The third-order valence-corrected chi connectivity index (χ3v) is 5.73. The van der Waals surface area contributed by atoms with E-state index in [0.717, 1.165) is 11.1 Å². The first kappa shape index (κ1) is 24.0. The van der Waals surface area contributed by atoms with Crippen LogP contribution in [-0.4, -0.2) is 38.3 Å². The average molecular weight is 456 g/mol. The monoisotopic (exact) mass is 455 g/mol. The molecule has 1 aliphatic heterocycles. The fourth-order valence-corrected chi connectivity index (χ4v) is 3.83. The fourth-order valence-electron chi connectivity index (χ4n) is 3.83. The maximum Gasteiger partial charge on any atom is 0.342 e. The van der Waals surface area contributed by atoms with E-state index in [1.165, 1.54) is 14.2 Å². The first-order valence-electron chi connectivity index (χ1n) is 10.6. The molecule has 0 aliphatic carbocycles. The fraction of sp³-hybridized carbons (Fsp3) is 0.360. The Bertz CT molecular complexity index is 1100. The average Bonchev–Trinajstić information content (AvgIpc) is 3.21. The Balaban J connectivity index is 1.67. The Kier molecular flexibility index (Phi) is 7.48. The second-order valence-electron chi connectivity index (χ2n) is 7.78. The number of nitrogens with one attached hydrogen (secondary N) is 1. The van der Waals surface area contributed by atoms with Crippen molar-refractivity contribution in [3.8, 4) is 23.0 Å². The van der Waals surface area contributed by atoms with Crippen LogP contribution < -0.4 is 19.5 Å². The van der Waals surface area contributed by atoms with Gasteiger partial charge in [-0.3, -0.25) is 4.79 Å². The first-order chi connectivity index (χ1) is 15.8. The third-order valence-electron chi connectivity index (χ3n) is 5.73. The molecule has 0 bridgehead atoms. The minimum Gasteiger partial charge on any atom is -0.507 e. The summed E-state index contributed by atoms with van der Waals surface area (Å²) in [6.45, 7) is 3.89. The molecule has 2 N–H and O–H groups in total. The van der Waals surface area contributed by atoms with Crippen molar-refractivity contribution in [1.29, 1.82) is 0 Å². The number of benzene rings is 2. The zero-order chi connectivity index (χ0) is 24.1. The third kappa shape index (κ3) is 5.05. The largest absolute Gasteiger partial charge is 0.507 e. The van der Waals surface area contributed by atoms with Crippen LogP contribution in [0.15, 0.2) is 29.8 Å². The van der Waals surface area contributed by atoms with Gasteiger partial charge in [0.15, 0.2) is 0 Å². The van der Waals surface area contributed by atoms with Crippen molar-refractivity contribution in [1.82, 2.24) is 0 Å². The van der Waals surface area contributed by atoms with Crippen LogP contribution in [0.4, 0.5) is 5.69 Å². The predicted molar refractivity (Wildman–Crippen MR) is 123 cm³/mol. The molecule has 0 saturated heterocycles. The molecule has 0 atom stereocenters. The number of hydrogen-bond donors (Lipinski definition) is 2. The summed E-state index contributed by atoms with van der Waals surface area (Å²) >= 11 is 0. The Morgan fingerprint density at radius 2 is 1.94 bits per heavy atom. The number of carbonyl (C=O) groups excluding carboxylic acids is 2. The van der Waals surface area contributed by atoms with Crippen molar-refractivity contribution in [2.75, 3.05) is 26.6 Å². The SMILES string of the molecule is COc1ccc(NC(=O)CC/C(C)=C/Cc2c(O)c3c(c(C)c2OC)COC3=O)c(OC)c1. The molecular weight excluding hydrogens is 426 g/mol. The number of allylic oxidation sites excluding steroid dienone is 2. The van der Waals surface area contributed by atoms with Crippen molar-refractivity contribution < 1.29 is 33.6 Å². The number of aromatic hydroxyl groups is 1. The number of cyclic esters (lactones) is 1. The lowest BCUT2D eigenvalue weighted by molar-refractivity contribution is -0.116. The molecule has 1 heterocycles. The van der Waals surface area contributed by atoms with Crippen molar-refractivity contribution in [2.24, 2.45) is 0 Å². The van der Waals surface area contributed by atoms with Gasteiger partial charge in [0.05, 0.1) is 27.0 Å². The number of amides is 1. The van der Waals surface area contributed by atoms with E-state index in [1.54, 1.807) is 25.3 Å². The molecule has 0 unspecified atom stereocenters. The van der Waals surface area contributed by atoms with Gasteiger partial charge >= 0.3 is 5.97 Å². The van der Waals surface area contributed by atoms with Crippen LogP contribution in [0.1, 0.15) is 46.8 Å². The number of anilines is 1. The van der Waals surface area contributed by atoms with Crippen molar-refractivity contribution in [2.45, 2.75) is 39.7 Å². The molecule has 176 valence electrons. The van der Waals surface area contributed by atoms with Gasteiger partial charge in [-0.15, -0.1) is 0 Å². The summed E-state index contributed by atoms with van der Waals surface area (Å²) in [7, 11) is 4.62. The summed E-state index contributed by atoms with van der Waals surface area (Å²) in [6.07, 6.45) is 3.08. The molecule has 1 aliphatic rings. The molecule has 3 rings (SSSR count). The van der Waals surface area contributed by atoms with Crippen LogP contribution in [0.5, 0.6) is 23.0 Å². The lowest BCUT2D eigenvalue weighted by Gasteiger charge is -2.15. The van der Waals surface area contributed by atoms with E-state index in [-0.39, 0.29) is 30.2 Å². The maximum atomic E-state index is 12.4. The van der Waals surface area contributed by atoms with Gasteiger partial charge in [-0.2, -0.15) is 0 Å². The van der Waals surface area contributed by atoms with E-state index in [2.05, 4.69) is 5.32 Å². The maximum absolute atomic E-state index is 12.4. The molecule has 0 saturated carbocycles. The Hall–Kier alpha value is -3.68. The highest BCUT2D eigenvalue weighted by atomic mass is 16.5. The van der Waals surface area contributed by atoms with E-state index >= 15 is 0 Å². The number of hydrogen-bond acceptors (Lipinski definition) is 7. The highest BCUT2D eigenvalue weighted by Crippen LogP contribution is 2.42. The van der Waals surface area contributed by atoms with E-state index in [1.807, 2.05) is 19.9 Å². The zero-order valence-corrected chi connectivity index (χ0v) is 19.5. The molecule has 1 amide bonds. The van der Waals surface area contributed by atoms with E-state index in [4.69, 9.17) is 18.9 Å². The number of carbonyl (C=O) groups is 2. The molecule has 0 radical (unpaired) electrons. The van der Waals surface area contributed by atoms with Gasteiger partial charge in [-0.1, -0.05) is 11.6 Å². The number of esters is 1. The number of methoxy groups -OCH3 is 3. The summed E-state index contributed by atoms with van der Waals surface area (Å²) in [5.74, 6) is 0.908.